The van der Waals surface area contributed by atoms with Gasteiger partial charge < -0.3 is 14.6 Å². The molecule has 1 heterocycles. The summed E-state index contributed by atoms with van der Waals surface area (Å²) >= 11 is 0. The first-order chi connectivity index (χ1) is 7.08. The Morgan fingerprint density at radius 3 is 2.93 bits per heavy atom. The molecule has 1 atom stereocenters. The number of benzene rings is 1. The SMILES string of the molecule is COc1ccc2c(c1)OCC2(C)C(=O)O. The Bertz CT molecular complexity index is 413. The van der Waals surface area contributed by atoms with Gasteiger partial charge >= 0.3 is 5.97 Å². The molecule has 0 aliphatic carbocycles. The van der Waals surface area contributed by atoms with Crippen LogP contribution in [0.3, 0.4) is 0 Å². The largest absolute Gasteiger partial charge is 0.497 e. The van der Waals surface area contributed by atoms with E-state index in [2.05, 4.69) is 0 Å². The summed E-state index contributed by atoms with van der Waals surface area (Å²) in [5.74, 6) is 0.397. The van der Waals surface area contributed by atoms with Crippen LogP contribution in [0.4, 0.5) is 0 Å². The summed E-state index contributed by atoms with van der Waals surface area (Å²) in [7, 11) is 1.56. The molecule has 4 nitrogen and oxygen atoms in total. The van der Waals surface area contributed by atoms with Gasteiger partial charge in [0.2, 0.25) is 0 Å². The lowest BCUT2D eigenvalue weighted by atomic mass is 9.85. The van der Waals surface area contributed by atoms with E-state index in [1.807, 2.05) is 0 Å². The molecule has 0 bridgehead atoms. The Kier molecular flexibility index (Phi) is 2.07. The smallest absolute Gasteiger partial charge is 0.317 e. The standard InChI is InChI=1S/C11H12O4/c1-11(10(12)13)6-15-9-5-7(14-2)3-4-8(9)11/h3-5H,6H2,1-2H3,(H,12,13). The molecule has 1 N–H and O–H groups in total. The van der Waals surface area contributed by atoms with E-state index in [1.54, 1.807) is 32.2 Å². The summed E-state index contributed by atoms with van der Waals surface area (Å²) in [4.78, 5) is 11.1. The third-order valence-corrected chi connectivity index (χ3v) is 2.77. The number of hydrogen-bond acceptors (Lipinski definition) is 3. The molecule has 0 saturated heterocycles. The fourth-order valence-corrected chi connectivity index (χ4v) is 1.68. The topological polar surface area (TPSA) is 55.8 Å². The monoisotopic (exact) mass is 208 g/mol. The summed E-state index contributed by atoms with van der Waals surface area (Å²) < 4.78 is 10.4. The maximum Gasteiger partial charge on any atom is 0.317 e. The lowest BCUT2D eigenvalue weighted by Gasteiger charge is -2.16. The maximum atomic E-state index is 11.1. The number of carboxylic acid groups (broad SMARTS) is 1. The number of rotatable bonds is 2. The minimum atomic E-state index is -0.943. The molecule has 1 aliphatic heterocycles. The number of methoxy groups -OCH3 is 1. The van der Waals surface area contributed by atoms with E-state index in [1.165, 1.54) is 0 Å². The van der Waals surface area contributed by atoms with Crippen LogP contribution >= 0.6 is 0 Å². The van der Waals surface area contributed by atoms with E-state index < -0.39 is 11.4 Å². The number of carbonyl (C=O) groups is 1. The molecule has 15 heavy (non-hydrogen) atoms. The predicted octanol–water partition coefficient (Wildman–Crippen LogP) is 1.43. The third kappa shape index (κ3) is 1.33. The first kappa shape index (κ1) is 9.83. The zero-order chi connectivity index (χ0) is 11.1. The second-order valence-electron chi connectivity index (χ2n) is 3.79. The van der Waals surface area contributed by atoms with Crippen molar-refractivity contribution in [2.75, 3.05) is 13.7 Å². The molecule has 1 aliphatic rings. The first-order valence-electron chi connectivity index (χ1n) is 4.62. The van der Waals surface area contributed by atoms with Gasteiger partial charge in [0.25, 0.3) is 0 Å². The van der Waals surface area contributed by atoms with Crippen LogP contribution in [0.1, 0.15) is 12.5 Å². The molecule has 2 rings (SSSR count). The minimum Gasteiger partial charge on any atom is -0.497 e. The first-order valence-corrected chi connectivity index (χ1v) is 4.62. The van der Waals surface area contributed by atoms with Crippen molar-refractivity contribution in [3.63, 3.8) is 0 Å². The lowest BCUT2D eigenvalue weighted by Crippen LogP contribution is -2.33. The fourth-order valence-electron chi connectivity index (χ4n) is 1.68. The van der Waals surface area contributed by atoms with Crippen LogP contribution in [0.25, 0.3) is 0 Å². The Labute approximate surface area is 87.4 Å². The van der Waals surface area contributed by atoms with Gasteiger partial charge in [-0.3, -0.25) is 4.79 Å². The van der Waals surface area contributed by atoms with Crippen molar-refractivity contribution < 1.29 is 19.4 Å². The van der Waals surface area contributed by atoms with Crippen LogP contribution in [0, 0.1) is 0 Å². The molecule has 0 fully saturated rings. The van der Waals surface area contributed by atoms with Gasteiger partial charge in [0, 0.05) is 11.6 Å². The molecule has 80 valence electrons. The molecular weight excluding hydrogens is 196 g/mol. The molecule has 0 radical (unpaired) electrons. The average molecular weight is 208 g/mol. The number of carboxylic acids is 1. The van der Waals surface area contributed by atoms with Crippen LogP contribution < -0.4 is 9.47 Å². The number of hydrogen-bond donors (Lipinski definition) is 1. The Morgan fingerprint density at radius 2 is 2.33 bits per heavy atom. The predicted molar refractivity (Wildman–Crippen MR) is 53.5 cm³/mol. The van der Waals surface area contributed by atoms with Crippen LogP contribution in [-0.2, 0) is 10.2 Å². The minimum absolute atomic E-state index is 0.171. The highest BCUT2D eigenvalue weighted by Gasteiger charge is 2.43. The molecule has 0 amide bonds. The molecular formula is C11H12O4. The zero-order valence-electron chi connectivity index (χ0n) is 8.61. The zero-order valence-corrected chi connectivity index (χ0v) is 8.61. The van der Waals surface area contributed by atoms with Gasteiger partial charge in [-0.15, -0.1) is 0 Å². The maximum absolute atomic E-state index is 11.1. The summed E-state index contributed by atoms with van der Waals surface area (Å²) in [6, 6.07) is 5.20. The van der Waals surface area contributed by atoms with Crippen LogP contribution in [0.5, 0.6) is 11.5 Å². The van der Waals surface area contributed by atoms with Gasteiger partial charge in [0.15, 0.2) is 0 Å². The van der Waals surface area contributed by atoms with E-state index in [-0.39, 0.29) is 6.61 Å². The number of aliphatic carboxylic acids is 1. The van der Waals surface area contributed by atoms with Crippen molar-refractivity contribution in [2.24, 2.45) is 0 Å². The van der Waals surface area contributed by atoms with E-state index in [4.69, 9.17) is 14.6 Å². The molecule has 0 aromatic heterocycles. The highest BCUT2D eigenvalue weighted by Crippen LogP contribution is 2.40. The van der Waals surface area contributed by atoms with E-state index in [0.717, 1.165) is 0 Å². The second-order valence-corrected chi connectivity index (χ2v) is 3.79. The van der Waals surface area contributed by atoms with Crippen molar-refractivity contribution in [1.29, 1.82) is 0 Å². The van der Waals surface area contributed by atoms with Crippen LogP contribution in [-0.4, -0.2) is 24.8 Å². The number of ether oxygens (including phenoxy) is 2. The van der Waals surface area contributed by atoms with Crippen molar-refractivity contribution in [3.05, 3.63) is 23.8 Å². The Hall–Kier alpha value is -1.71. The molecule has 1 unspecified atom stereocenters. The number of fused-ring (bicyclic) bond motifs is 1. The van der Waals surface area contributed by atoms with Crippen LogP contribution in [0.15, 0.2) is 18.2 Å². The summed E-state index contributed by atoms with van der Waals surface area (Å²) in [6.45, 7) is 1.83. The highest BCUT2D eigenvalue weighted by atomic mass is 16.5. The van der Waals surface area contributed by atoms with Gasteiger partial charge in [0.05, 0.1) is 7.11 Å². The van der Waals surface area contributed by atoms with Gasteiger partial charge in [-0.2, -0.15) is 0 Å². The summed E-state index contributed by atoms with van der Waals surface area (Å²) in [5, 5.41) is 9.13. The second kappa shape index (κ2) is 3.15. The van der Waals surface area contributed by atoms with Crippen molar-refractivity contribution in [1.82, 2.24) is 0 Å². The normalized spacial score (nSPS) is 23.1. The Balaban J connectivity index is 2.49. The lowest BCUT2D eigenvalue weighted by molar-refractivity contribution is -0.143. The summed E-state index contributed by atoms with van der Waals surface area (Å²) in [6.07, 6.45) is 0. The van der Waals surface area contributed by atoms with Gasteiger partial charge in [0.1, 0.15) is 23.5 Å². The molecule has 0 saturated carbocycles. The van der Waals surface area contributed by atoms with Gasteiger partial charge in [-0.05, 0) is 13.0 Å². The van der Waals surface area contributed by atoms with E-state index in [0.29, 0.717) is 17.1 Å². The van der Waals surface area contributed by atoms with Gasteiger partial charge in [-0.1, -0.05) is 6.07 Å². The van der Waals surface area contributed by atoms with Crippen molar-refractivity contribution >= 4 is 5.97 Å². The van der Waals surface area contributed by atoms with E-state index >= 15 is 0 Å². The van der Waals surface area contributed by atoms with Crippen molar-refractivity contribution in [2.45, 2.75) is 12.3 Å². The molecule has 1 aromatic rings. The van der Waals surface area contributed by atoms with Crippen LogP contribution in [0.2, 0.25) is 0 Å². The van der Waals surface area contributed by atoms with Crippen molar-refractivity contribution in [3.8, 4) is 11.5 Å². The Morgan fingerprint density at radius 1 is 1.60 bits per heavy atom. The molecule has 4 heteroatoms. The quantitative estimate of drug-likeness (QED) is 0.798. The van der Waals surface area contributed by atoms with Gasteiger partial charge in [-0.25, -0.2) is 0 Å². The fraction of sp³-hybridized carbons (Fsp3) is 0.364. The highest BCUT2D eigenvalue weighted by molar-refractivity contribution is 5.83. The average Bonchev–Trinajstić information content (AvgIpc) is 2.57. The summed E-state index contributed by atoms with van der Waals surface area (Å²) in [5.41, 5.74) is -0.238. The molecule has 1 aromatic carbocycles. The molecule has 0 spiro atoms. The van der Waals surface area contributed by atoms with E-state index in [9.17, 15) is 4.79 Å². The third-order valence-electron chi connectivity index (χ3n) is 2.77.